The van der Waals surface area contributed by atoms with Gasteiger partial charge in [-0.2, -0.15) is 0 Å². The molecule has 1 aliphatic heterocycles. The second-order valence-electron chi connectivity index (χ2n) is 8.09. The summed E-state index contributed by atoms with van der Waals surface area (Å²) in [5.74, 6) is 1.61. The first kappa shape index (κ1) is 20.0. The molecule has 2 aromatic carbocycles. The Labute approximate surface area is 175 Å². The summed E-state index contributed by atoms with van der Waals surface area (Å²) in [5, 5.41) is 22.9. The molecule has 150 valence electrons. The fourth-order valence-electron chi connectivity index (χ4n) is 4.86. The predicted molar refractivity (Wildman–Crippen MR) is 111 cm³/mol. The van der Waals surface area contributed by atoms with Gasteiger partial charge >= 0.3 is 0 Å². The van der Waals surface area contributed by atoms with Crippen molar-refractivity contribution < 1.29 is 14.9 Å². The molecule has 0 spiro atoms. The van der Waals surface area contributed by atoms with E-state index in [0.717, 1.165) is 37.2 Å². The van der Waals surface area contributed by atoms with E-state index >= 15 is 0 Å². The van der Waals surface area contributed by atoms with Crippen LogP contribution in [0.5, 0.6) is 5.75 Å². The van der Waals surface area contributed by atoms with E-state index in [1.165, 1.54) is 0 Å². The Morgan fingerprint density at radius 1 is 1.14 bits per heavy atom. The van der Waals surface area contributed by atoms with Crippen LogP contribution < -0.4 is 4.74 Å². The maximum atomic E-state index is 11.2. The Bertz CT molecular complexity index is 845. The molecule has 0 radical (unpaired) electrons. The zero-order valence-electron chi connectivity index (χ0n) is 15.8. The van der Waals surface area contributed by atoms with Gasteiger partial charge in [0.05, 0.1) is 18.8 Å². The highest BCUT2D eigenvalue weighted by molar-refractivity contribution is 6.35. The topological polar surface area (TPSA) is 52.9 Å². The van der Waals surface area contributed by atoms with Gasteiger partial charge in [0.15, 0.2) is 0 Å². The van der Waals surface area contributed by atoms with Gasteiger partial charge in [-0.3, -0.25) is 4.90 Å². The van der Waals surface area contributed by atoms with Gasteiger partial charge in [-0.25, -0.2) is 0 Å². The summed E-state index contributed by atoms with van der Waals surface area (Å²) >= 11 is 12.2. The third kappa shape index (κ3) is 3.89. The number of fused-ring (bicyclic) bond motifs is 1. The van der Waals surface area contributed by atoms with Crippen molar-refractivity contribution in [3.63, 3.8) is 0 Å². The number of aliphatic hydroxyl groups is 2. The highest BCUT2D eigenvalue weighted by Gasteiger charge is 2.49. The summed E-state index contributed by atoms with van der Waals surface area (Å²) < 4.78 is 5.31. The maximum absolute atomic E-state index is 11.2. The van der Waals surface area contributed by atoms with E-state index < -0.39 is 11.7 Å². The monoisotopic (exact) mass is 421 g/mol. The molecule has 1 heterocycles. The molecule has 1 aliphatic carbocycles. The minimum atomic E-state index is -0.798. The maximum Gasteiger partial charge on any atom is 0.119 e. The quantitative estimate of drug-likeness (QED) is 0.756. The minimum Gasteiger partial charge on any atom is -0.497 e. The molecular weight excluding hydrogens is 397 g/mol. The van der Waals surface area contributed by atoms with Gasteiger partial charge in [0.2, 0.25) is 0 Å². The van der Waals surface area contributed by atoms with Gasteiger partial charge in [0, 0.05) is 35.2 Å². The number of hydrogen-bond acceptors (Lipinski definition) is 4. The molecule has 1 saturated heterocycles. The number of rotatable bonds is 5. The molecule has 0 bridgehead atoms. The molecule has 1 saturated carbocycles. The third-order valence-corrected chi connectivity index (χ3v) is 6.77. The zero-order chi connectivity index (χ0) is 19.9. The smallest absolute Gasteiger partial charge is 0.119 e. The largest absolute Gasteiger partial charge is 0.497 e. The van der Waals surface area contributed by atoms with Crippen molar-refractivity contribution >= 4 is 23.2 Å². The average Bonchev–Trinajstić information content (AvgIpc) is 3.16. The van der Waals surface area contributed by atoms with Crippen molar-refractivity contribution in [1.29, 1.82) is 0 Å². The van der Waals surface area contributed by atoms with E-state index in [1.54, 1.807) is 25.3 Å². The van der Waals surface area contributed by atoms with Gasteiger partial charge < -0.3 is 14.9 Å². The number of aliphatic hydroxyl groups excluding tert-OH is 1. The summed E-state index contributed by atoms with van der Waals surface area (Å²) in [6, 6.07) is 12.9. The van der Waals surface area contributed by atoms with Gasteiger partial charge in [-0.1, -0.05) is 41.4 Å². The van der Waals surface area contributed by atoms with Crippen molar-refractivity contribution in [2.24, 2.45) is 11.8 Å². The van der Waals surface area contributed by atoms with Gasteiger partial charge in [-0.15, -0.1) is 0 Å². The second-order valence-corrected chi connectivity index (χ2v) is 8.94. The standard InChI is InChI=1S/C22H25Cl2NO3/c1-28-18-4-2-3-16(7-18)22(27)9-14-11-25(12-15(14)10-22)13-21(26)19-6-5-17(23)8-20(19)24/h2-8,14-15,21,26-27H,9-13H2,1H3. The summed E-state index contributed by atoms with van der Waals surface area (Å²) in [7, 11) is 1.64. The number of β-amino-alcohol motifs (C(OH)–C–C–N with tert-alkyl or cyclic N) is 1. The lowest BCUT2D eigenvalue weighted by Crippen LogP contribution is -2.31. The van der Waals surface area contributed by atoms with Gasteiger partial charge in [0.1, 0.15) is 5.75 Å². The van der Waals surface area contributed by atoms with E-state index in [-0.39, 0.29) is 0 Å². The molecule has 2 aliphatic rings. The van der Waals surface area contributed by atoms with Crippen LogP contribution in [-0.4, -0.2) is 41.9 Å². The predicted octanol–water partition coefficient (Wildman–Crippen LogP) is 4.27. The number of ether oxygens (including phenoxy) is 1. The number of halogens is 2. The van der Waals surface area contributed by atoms with E-state index in [2.05, 4.69) is 4.90 Å². The van der Waals surface area contributed by atoms with Crippen LogP contribution in [0.2, 0.25) is 10.0 Å². The Morgan fingerprint density at radius 2 is 1.86 bits per heavy atom. The number of hydrogen-bond donors (Lipinski definition) is 2. The molecule has 28 heavy (non-hydrogen) atoms. The molecule has 2 aromatic rings. The summed E-state index contributed by atoms with van der Waals surface area (Å²) in [5.41, 5.74) is 0.838. The molecule has 3 unspecified atom stereocenters. The Kier molecular flexibility index (Phi) is 5.60. The van der Waals surface area contributed by atoms with Crippen LogP contribution in [0.15, 0.2) is 42.5 Å². The number of nitrogens with zero attached hydrogens (tertiary/aromatic N) is 1. The normalized spacial score (nSPS) is 28.3. The van der Waals surface area contributed by atoms with Crippen LogP contribution in [0.25, 0.3) is 0 Å². The first-order valence-electron chi connectivity index (χ1n) is 9.60. The fraction of sp³-hybridized carbons (Fsp3) is 0.455. The zero-order valence-corrected chi connectivity index (χ0v) is 17.3. The molecule has 2 N–H and O–H groups in total. The Hall–Kier alpha value is -1.30. The summed E-state index contributed by atoms with van der Waals surface area (Å²) in [6.45, 7) is 2.28. The molecule has 2 fully saturated rings. The van der Waals surface area contributed by atoms with E-state index in [0.29, 0.717) is 34.0 Å². The van der Waals surface area contributed by atoms with Crippen LogP contribution in [-0.2, 0) is 5.60 Å². The molecule has 0 amide bonds. The van der Waals surface area contributed by atoms with Crippen molar-refractivity contribution in [2.45, 2.75) is 24.5 Å². The van der Waals surface area contributed by atoms with E-state index in [9.17, 15) is 10.2 Å². The number of benzene rings is 2. The highest BCUT2D eigenvalue weighted by Crippen LogP contribution is 2.49. The lowest BCUT2D eigenvalue weighted by molar-refractivity contribution is 0.0287. The van der Waals surface area contributed by atoms with Gasteiger partial charge in [-0.05, 0) is 54.5 Å². The number of methoxy groups -OCH3 is 1. The lowest BCUT2D eigenvalue weighted by Gasteiger charge is -2.27. The molecule has 6 heteroatoms. The lowest BCUT2D eigenvalue weighted by atomic mass is 9.90. The van der Waals surface area contributed by atoms with Crippen molar-refractivity contribution in [2.75, 3.05) is 26.7 Å². The first-order valence-corrected chi connectivity index (χ1v) is 10.4. The number of likely N-dealkylation sites (tertiary alicyclic amines) is 1. The van der Waals surface area contributed by atoms with Gasteiger partial charge in [0.25, 0.3) is 0 Å². The molecule has 4 rings (SSSR count). The fourth-order valence-corrected chi connectivity index (χ4v) is 5.40. The van der Waals surface area contributed by atoms with E-state index in [4.69, 9.17) is 27.9 Å². The van der Waals surface area contributed by atoms with Crippen LogP contribution in [0.3, 0.4) is 0 Å². The Balaban J connectivity index is 1.40. The molecule has 3 atom stereocenters. The van der Waals surface area contributed by atoms with Crippen LogP contribution in [0.4, 0.5) is 0 Å². The summed E-state index contributed by atoms with van der Waals surface area (Å²) in [6.07, 6.45) is 0.819. The Morgan fingerprint density at radius 3 is 2.50 bits per heavy atom. The minimum absolute atomic E-state index is 0.420. The first-order chi connectivity index (χ1) is 13.4. The van der Waals surface area contributed by atoms with Crippen LogP contribution in [0.1, 0.15) is 30.1 Å². The van der Waals surface area contributed by atoms with Crippen molar-refractivity contribution in [3.8, 4) is 5.75 Å². The SMILES string of the molecule is COc1cccc(C2(O)CC3CN(CC(O)c4ccc(Cl)cc4Cl)CC3C2)c1. The van der Waals surface area contributed by atoms with Crippen molar-refractivity contribution in [3.05, 3.63) is 63.6 Å². The molecule has 4 nitrogen and oxygen atoms in total. The highest BCUT2D eigenvalue weighted by atomic mass is 35.5. The van der Waals surface area contributed by atoms with Crippen molar-refractivity contribution in [1.82, 2.24) is 4.90 Å². The third-order valence-electron chi connectivity index (χ3n) is 6.21. The van der Waals surface area contributed by atoms with E-state index in [1.807, 2.05) is 24.3 Å². The second kappa shape index (κ2) is 7.85. The molecular formula is C22H25Cl2NO3. The van der Waals surface area contributed by atoms with Crippen LogP contribution in [0, 0.1) is 11.8 Å². The summed E-state index contributed by atoms with van der Waals surface area (Å²) in [4.78, 5) is 2.27. The average molecular weight is 422 g/mol. The molecule has 0 aromatic heterocycles. The van der Waals surface area contributed by atoms with Crippen LogP contribution >= 0.6 is 23.2 Å².